The van der Waals surface area contributed by atoms with Crippen molar-refractivity contribution in [1.29, 1.82) is 0 Å². The van der Waals surface area contributed by atoms with Crippen molar-refractivity contribution >= 4 is 37.0 Å². The van der Waals surface area contributed by atoms with Crippen LogP contribution in [0.3, 0.4) is 0 Å². The monoisotopic (exact) mass is 463 g/mol. The maximum Gasteiger partial charge on any atom is 0.369 e. The summed E-state index contributed by atoms with van der Waals surface area (Å²) in [5, 5.41) is 18.8. The molecule has 0 saturated heterocycles. The molecule has 2 N–H and O–H groups in total. The quantitative estimate of drug-likeness (QED) is 0.462. The van der Waals surface area contributed by atoms with Crippen LogP contribution in [0.5, 0.6) is 5.75 Å². The SMILES string of the molecule is O=C(O)C[C@H](O)C[P+](=O)COCc1c(Cl)cc(Cl)cc1OCc1ccc(F)cc1. The first-order valence-corrected chi connectivity index (χ1v) is 10.9. The molecule has 2 rings (SSSR count). The lowest BCUT2D eigenvalue weighted by atomic mass is 10.2. The van der Waals surface area contributed by atoms with Crippen molar-refractivity contribution in [3.8, 4) is 5.75 Å². The van der Waals surface area contributed by atoms with Crippen LogP contribution in [0.2, 0.25) is 10.0 Å². The third-order valence-corrected chi connectivity index (χ3v) is 5.59. The maximum absolute atomic E-state index is 13.0. The number of aliphatic hydroxyl groups excluding tert-OH is 1. The van der Waals surface area contributed by atoms with Gasteiger partial charge in [0.25, 0.3) is 0 Å². The molecule has 1 unspecified atom stereocenters. The van der Waals surface area contributed by atoms with Gasteiger partial charge >= 0.3 is 13.8 Å². The summed E-state index contributed by atoms with van der Waals surface area (Å²) in [4.78, 5) is 10.5. The van der Waals surface area contributed by atoms with E-state index in [1.165, 1.54) is 18.2 Å². The molecule has 6 nitrogen and oxygen atoms in total. The standard InChI is InChI=1S/C19H18Cl2FO6P/c20-13-5-17(21)16(9-27-11-29(26)10-15(23)7-19(24)25)18(6-13)28-8-12-1-3-14(22)4-2-12/h1-6,15,23H,7-11H2/p+1/t15-/m0/s1. The van der Waals surface area contributed by atoms with E-state index in [-0.39, 0.29) is 31.5 Å². The molecule has 0 aliphatic rings. The predicted octanol–water partition coefficient (Wildman–Crippen LogP) is 4.85. The topological polar surface area (TPSA) is 93.1 Å². The van der Waals surface area contributed by atoms with Crippen molar-refractivity contribution in [2.24, 2.45) is 0 Å². The molecular weight excluding hydrogens is 445 g/mol. The number of aliphatic carboxylic acids is 1. The molecule has 0 radical (unpaired) electrons. The molecule has 0 amide bonds. The Hall–Kier alpha value is -1.76. The summed E-state index contributed by atoms with van der Waals surface area (Å²) in [6.45, 7) is 0.129. The average Bonchev–Trinajstić information content (AvgIpc) is 2.62. The van der Waals surface area contributed by atoms with Crippen LogP contribution in [-0.4, -0.2) is 34.8 Å². The highest BCUT2D eigenvalue weighted by molar-refractivity contribution is 7.44. The summed E-state index contributed by atoms with van der Waals surface area (Å²) >= 11 is 12.3. The van der Waals surface area contributed by atoms with E-state index >= 15 is 0 Å². The highest BCUT2D eigenvalue weighted by Crippen LogP contribution is 2.33. The third kappa shape index (κ3) is 8.25. The fourth-order valence-corrected chi connectivity index (χ4v) is 3.92. The normalized spacial score (nSPS) is 12.5. The van der Waals surface area contributed by atoms with E-state index in [2.05, 4.69) is 0 Å². The Balaban J connectivity index is 1.96. The number of carboxylic acids is 1. The number of carbonyl (C=O) groups is 1. The van der Waals surface area contributed by atoms with Crippen LogP contribution in [0.25, 0.3) is 0 Å². The predicted molar refractivity (Wildman–Crippen MR) is 108 cm³/mol. The number of carboxylic acid groups (broad SMARTS) is 1. The van der Waals surface area contributed by atoms with Crippen molar-refractivity contribution in [2.75, 3.05) is 12.5 Å². The van der Waals surface area contributed by atoms with Gasteiger partial charge in [0.2, 0.25) is 6.35 Å². The lowest BCUT2D eigenvalue weighted by Crippen LogP contribution is -2.16. The molecule has 0 spiro atoms. The van der Waals surface area contributed by atoms with Crippen LogP contribution < -0.4 is 4.74 Å². The van der Waals surface area contributed by atoms with Crippen molar-refractivity contribution in [3.63, 3.8) is 0 Å². The summed E-state index contributed by atoms with van der Waals surface area (Å²) in [5.41, 5.74) is 1.23. The Bertz CT molecular complexity index is 863. The lowest BCUT2D eigenvalue weighted by Gasteiger charge is -2.13. The zero-order valence-corrected chi connectivity index (χ0v) is 17.6. The first kappa shape index (κ1) is 23.5. The van der Waals surface area contributed by atoms with Crippen LogP contribution in [0.1, 0.15) is 17.5 Å². The van der Waals surface area contributed by atoms with Gasteiger partial charge in [-0.05, 0) is 29.8 Å². The van der Waals surface area contributed by atoms with Gasteiger partial charge in [-0.25, -0.2) is 4.39 Å². The second kappa shape index (κ2) is 11.4. The second-order valence-electron chi connectivity index (χ2n) is 6.17. The van der Waals surface area contributed by atoms with Crippen LogP contribution in [0, 0.1) is 5.82 Å². The van der Waals surface area contributed by atoms with Gasteiger partial charge in [-0.15, -0.1) is 0 Å². The van der Waals surface area contributed by atoms with Gasteiger partial charge in [0, 0.05) is 10.6 Å². The average molecular weight is 464 g/mol. The van der Waals surface area contributed by atoms with Gasteiger partial charge in [0.1, 0.15) is 24.3 Å². The van der Waals surface area contributed by atoms with Crippen LogP contribution in [0.15, 0.2) is 36.4 Å². The third-order valence-electron chi connectivity index (χ3n) is 3.73. The smallest absolute Gasteiger partial charge is 0.369 e. The van der Waals surface area contributed by atoms with E-state index in [0.717, 1.165) is 5.56 Å². The Labute approximate surface area is 177 Å². The summed E-state index contributed by atoms with van der Waals surface area (Å²) in [7, 11) is -1.95. The first-order chi connectivity index (χ1) is 13.7. The van der Waals surface area contributed by atoms with Crippen LogP contribution in [-0.2, 0) is 27.3 Å². The summed E-state index contributed by atoms with van der Waals surface area (Å²) < 4.78 is 36.1. The highest BCUT2D eigenvalue weighted by atomic mass is 35.5. The van der Waals surface area contributed by atoms with E-state index in [4.69, 9.17) is 37.8 Å². The highest BCUT2D eigenvalue weighted by Gasteiger charge is 2.24. The molecule has 0 fully saturated rings. The van der Waals surface area contributed by atoms with E-state index < -0.39 is 26.3 Å². The Morgan fingerprint density at radius 3 is 2.52 bits per heavy atom. The van der Waals surface area contributed by atoms with Gasteiger partial charge in [-0.1, -0.05) is 39.9 Å². The number of halogens is 3. The summed E-state index contributed by atoms with van der Waals surface area (Å²) in [6.07, 6.45) is -2.04. The molecular formula is C19H19Cl2FO6P+. The number of hydrogen-bond donors (Lipinski definition) is 2. The zero-order chi connectivity index (χ0) is 21.4. The number of aliphatic hydroxyl groups is 1. The molecule has 2 aromatic rings. The van der Waals surface area contributed by atoms with Crippen molar-refractivity contribution < 1.29 is 33.4 Å². The minimum atomic E-state index is -1.95. The van der Waals surface area contributed by atoms with E-state index in [1.54, 1.807) is 18.2 Å². The summed E-state index contributed by atoms with van der Waals surface area (Å²) in [6, 6.07) is 8.90. The molecule has 0 saturated carbocycles. The Morgan fingerprint density at radius 2 is 1.86 bits per heavy atom. The van der Waals surface area contributed by atoms with E-state index in [0.29, 0.717) is 21.4 Å². The van der Waals surface area contributed by atoms with Gasteiger partial charge in [-0.2, -0.15) is 0 Å². The first-order valence-electron chi connectivity index (χ1n) is 8.49. The van der Waals surface area contributed by atoms with Gasteiger partial charge < -0.3 is 19.7 Å². The van der Waals surface area contributed by atoms with E-state index in [9.17, 15) is 18.9 Å². The summed E-state index contributed by atoms with van der Waals surface area (Å²) in [5.74, 6) is -1.15. The van der Waals surface area contributed by atoms with Crippen molar-refractivity contribution in [2.45, 2.75) is 25.7 Å². The molecule has 0 heterocycles. The Morgan fingerprint density at radius 1 is 1.17 bits per heavy atom. The van der Waals surface area contributed by atoms with Crippen LogP contribution >= 0.6 is 31.0 Å². The molecule has 2 atom stereocenters. The minimum absolute atomic E-state index is 0.0230. The number of hydrogen-bond acceptors (Lipinski definition) is 5. The largest absolute Gasteiger partial charge is 0.488 e. The van der Waals surface area contributed by atoms with Crippen LogP contribution in [0.4, 0.5) is 4.39 Å². The lowest BCUT2D eigenvalue weighted by molar-refractivity contribution is -0.138. The number of benzene rings is 2. The molecule has 29 heavy (non-hydrogen) atoms. The fraction of sp³-hybridized carbons (Fsp3) is 0.316. The molecule has 10 heteroatoms. The van der Waals surface area contributed by atoms with Crippen molar-refractivity contribution in [3.05, 3.63) is 63.4 Å². The molecule has 0 aliphatic carbocycles. The van der Waals surface area contributed by atoms with Crippen molar-refractivity contribution in [1.82, 2.24) is 0 Å². The molecule has 0 aliphatic heterocycles. The number of rotatable bonds is 11. The molecule has 0 bridgehead atoms. The fourth-order valence-electron chi connectivity index (χ4n) is 2.39. The molecule has 2 aromatic carbocycles. The van der Waals surface area contributed by atoms with Gasteiger partial charge in [0.15, 0.2) is 6.16 Å². The van der Waals surface area contributed by atoms with E-state index in [1.807, 2.05) is 0 Å². The van der Waals surface area contributed by atoms with Gasteiger partial charge in [0.05, 0.1) is 18.1 Å². The molecule has 0 aromatic heterocycles. The van der Waals surface area contributed by atoms with Gasteiger partial charge in [-0.3, -0.25) is 4.79 Å². The Kier molecular flexibility index (Phi) is 9.27. The molecule has 156 valence electrons. The number of ether oxygens (including phenoxy) is 2. The minimum Gasteiger partial charge on any atom is -0.488 e. The second-order valence-corrected chi connectivity index (χ2v) is 8.60. The maximum atomic E-state index is 13.0. The zero-order valence-electron chi connectivity index (χ0n) is 15.2.